The Hall–Kier alpha value is -3.54. The number of nitrogens with one attached hydrogen (secondary N) is 4. The van der Waals surface area contributed by atoms with Crippen molar-refractivity contribution in [2.75, 3.05) is 0 Å². The van der Waals surface area contributed by atoms with E-state index in [1.54, 1.807) is 6.08 Å². The minimum atomic E-state index is -1.46. The number of carboxylic acids is 1. The fraction of sp³-hybridized carbons (Fsp3) is 0.485. The van der Waals surface area contributed by atoms with Crippen molar-refractivity contribution in [2.45, 2.75) is 90.3 Å². The number of carbonyl (C=O) groups is 3. The van der Waals surface area contributed by atoms with Crippen molar-refractivity contribution in [1.82, 2.24) is 20.9 Å². The Balaban J connectivity index is 1.74. The number of amides is 2. The molecule has 0 radical (unpaired) electrons. The van der Waals surface area contributed by atoms with Gasteiger partial charge >= 0.3 is 5.97 Å². The molecule has 1 aromatic rings. The average Bonchev–Trinajstić information content (AvgIpc) is 3.59. The number of rotatable bonds is 12. The van der Waals surface area contributed by atoms with E-state index in [0.29, 0.717) is 24.8 Å². The van der Waals surface area contributed by atoms with Crippen molar-refractivity contribution in [3.63, 3.8) is 0 Å². The SMILES string of the molecule is C=CC1=C(C)[C@@H](CC2N/C(=C\c3[nH]c(/C=C4\NC(=O)[C@H](C)[C@H]4[C@H](C)S)c(C)c3CCC(=O)O)C(CCC(O)O)=C2C)NC1=O. The Morgan fingerprint density at radius 1 is 1.05 bits per heavy atom. The molecule has 5 atom stereocenters. The maximum absolute atomic E-state index is 12.5. The molecule has 0 spiro atoms. The molecule has 1 unspecified atom stereocenters. The van der Waals surface area contributed by atoms with Crippen molar-refractivity contribution >= 4 is 42.6 Å². The van der Waals surface area contributed by atoms with Crippen molar-refractivity contribution in [1.29, 1.82) is 0 Å². The van der Waals surface area contributed by atoms with E-state index in [-0.39, 0.29) is 53.8 Å². The van der Waals surface area contributed by atoms with Crippen LogP contribution in [0.2, 0.25) is 0 Å². The summed E-state index contributed by atoms with van der Waals surface area (Å²) in [5.41, 5.74) is 8.31. The van der Waals surface area contributed by atoms with E-state index in [9.17, 15) is 29.7 Å². The maximum Gasteiger partial charge on any atom is 0.303 e. The minimum Gasteiger partial charge on any atom is -0.481 e. The van der Waals surface area contributed by atoms with Gasteiger partial charge in [-0.3, -0.25) is 14.4 Å². The number of carboxylic acid groups (broad SMARTS) is 1. The predicted octanol–water partition coefficient (Wildman–Crippen LogP) is 3.49. The van der Waals surface area contributed by atoms with Crippen LogP contribution < -0.4 is 16.0 Å². The fourth-order valence-corrected chi connectivity index (χ4v) is 7.01. The lowest BCUT2D eigenvalue weighted by molar-refractivity contribution is -0.137. The molecule has 0 bridgehead atoms. The highest BCUT2D eigenvalue weighted by Gasteiger charge is 2.38. The molecule has 0 aliphatic carbocycles. The molecule has 7 N–H and O–H groups in total. The number of aromatic nitrogens is 1. The van der Waals surface area contributed by atoms with Crippen LogP contribution in [0, 0.1) is 18.8 Å². The van der Waals surface area contributed by atoms with Gasteiger partial charge in [-0.2, -0.15) is 12.6 Å². The van der Waals surface area contributed by atoms with Crippen molar-refractivity contribution in [2.24, 2.45) is 11.8 Å². The van der Waals surface area contributed by atoms with E-state index in [4.69, 9.17) is 0 Å². The Bertz CT molecular complexity index is 1480. The molecule has 44 heavy (non-hydrogen) atoms. The number of hydrogen-bond acceptors (Lipinski definition) is 7. The number of allylic oxidation sites excluding steroid dienone is 2. The van der Waals surface area contributed by atoms with Crippen LogP contribution in [0.25, 0.3) is 12.2 Å². The van der Waals surface area contributed by atoms with Gasteiger partial charge in [0.15, 0.2) is 6.29 Å². The molecule has 0 saturated carbocycles. The van der Waals surface area contributed by atoms with Gasteiger partial charge < -0.3 is 36.3 Å². The highest BCUT2D eigenvalue weighted by Crippen LogP contribution is 2.36. The van der Waals surface area contributed by atoms with Gasteiger partial charge in [0.1, 0.15) is 0 Å². The van der Waals surface area contributed by atoms with Crippen LogP contribution in [-0.4, -0.2) is 61.7 Å². The fourth-order valence-electron chi connectivity index (χ4n) is 6.59. The number of H-pyrrole nitrogens is 1. The first-order valence-corrected chi connectivity index (χ1v) is 15.6. The smallest absolute Gasteiger partial charge is 0.303 e. The predicted molar refractivity (Wildman–Crippen MR) is 173 cm³/mol. The third kappa shape index (κ3) is 6.90. The van der Waals surface area contributed by atoms with Gasteiger partial charge in [0, 0.05) is 64.3 Å². The van der Waals surface area contributed by atoms with Gasteiger partial charge in [0.2, 0.25) is 5.91 Å². The van der Waals surface area contributed by atoms with Crippen molar-refractivity contribution < 1.29 is 29.7 Å². The highest BCUT2D eigenvalue weighted by molar-refractivity contribution is 7.80. The third-order valence-electron chi connectivity index (χ3n) is 9.21. The van der Waals surface area contributed by atoms with Crippen LogP contribution in [0.5, 0.6) is 0 Å². The highest BCUT2D eigenvalue weighted by atomic mass is 32.1. The van der Waals surface area contributed by atoms with Gasteiger partial charge in [-0.1, -0.05) is 26.5 Å². The molecule has 1 aromatic heterocycles. The summed E-state index contributed by atoms with van der Waals surface area (Å²) in [7, 11) is 0. The van der Waals surface area contributed by atoms with Crippen molar-refractivity contribution in [3.8, 4) is 0 Å². The third-order valence-corrected chi connectivity index (χ3v) is 9.53. The molecule has 1 saturated heterocycles. The summed E-state index contributed by atoms with van der Waals surface area (Å²) in [6.07, 6.45) is 5.38. The quantitative estimate of drug-likeness (QED) is 0.130. The van der Waals surface area contributed by atoms with Crippen LogP contribution in [0.4, 0.5) is 0 Å². The van der Waals surface area contributed by atoms with E-state index in [2.05, 4.69) is 40.1 Å². The van der Waals surface area contributed by atoms with Gasteiger partial charge in [0.05, 0.1) is 6.04 Å². The topological polar surface area (TPSA) is 164 Å². The number of thiol groups is 1. The summed E-state index contributed by atoms with van der Waals surface area (Å²) < 4.78 is 0. The zero-order valence-electron chi connectivity index (χ0n) is 26.0. The van der Waals surface area contributed by atoms with Crippen LogP contribution in [0.3, 0.4) is 0 Å². The Morgan fingerprint density at radius 3 is 2.32 bits per heavy atom. The Labute approximate surface area is 263 Å². The summed E-state index contributed by atoms with van der Waals surface area (Å²) in [5, 5.41) is 38.4. The van der Waals surface area contributed by atoms with E-state index in [1.807, 2.05) is 46.8 Å². The molecule has 11 heteroatoms. The number of hydrogen-bond donors (Lipinski definition) is 8. The number of carbonyl (C=O) groups excluding carboxylic acids is 2. The van der Waals surface area contributed by atoms with Crippen LogP contribution in [-0.2, 0) is 20.8 Å². The second-order valence-corrected chi connectivity index (χ2v) is 12.9. The average molecular weight is 625 g/mol. The van der Waals surface area contributed by atoms with Gasteiger partial charge in [-0.05, 0) is 80.0 Å². The summed E-state index contributed by atoms with van der Waals surface area (Å²) in [6.45, 7) is 13.5. The molecular formula is C33H44N4O6S. The number of aliphatic hydroxyl groups excluding tert-OH is 1. The zero-order valence-corrected chi connectivity index (χ0v) is 26.8. The van der Waals surface area contributed by atoms with Crippen LogP contribution in [0.15, 0.2) is 46.3 Å². The summed E-state index contributed by atoms with van der Waals surface area (Å²) in [6, 6.07) is -0.292. The monoisotopic (exact) mass is 624 g/mol. The zero-order chi connectivity index (χ0) is 32.5. The van der Waals surface area contributed by atoms with E-state index in [0.717, 1.165) is 50.6 Å². The second kappa shape index (κ2) is 13.6. The second-order valence-electron chi connectivity index (χ2n) is 12.1. The lowest BCUT2D eigenvalue weighted by Crippen LogP contribution is -2.36. The van der Waals surface area contributed by atoms with Gasteiger partial charge in [0.25, 0.3) is 5.91 Å². The van der Waals surface area contributed by atoms with E-state index >= 15 is 0 Å². The first kappa shape index (κ1) is 33.4. The number of aliphatic hydroxyl groups is 2. The molecule has 4 heterocycles. The normalized spacial score (nSPS) is 26.2. The maximum atomic E-state index is 12.5. The van der Waals surface area contributed by atoms with Gasteiger partial charge in [-0.25, -0.2) is 0 Å². The molecule has 0 aromatic carbocycles. The van der Waals surface area contributed by atoms with E-state index in [1.165, 1.54) is 0 Å². The molecule has 10 nitrogen and oxygen atoms in total. The Morgan fingerprint density at radius 2 is 1.73 bits per heavy atom. The number of aliphatic carboxylic acids is 1. The molecule has 1 fully saturated rings. The van der Waals surface area contributed by atoms with E-state index < -0.39 is 12.3 Å². The molecular weight excluding hydrogens is 580 g/mol. The molecule has 238 valence electrons. The van der Waals surface area contributed by atoms with Crippen LogP contribution >= 0.6 is 12.6 Å². The van der Waals surface area contributed by atoms with Crippen LogP contribution in [0.1, 0.15) is 75.9 Å². The minimum absolute atomic E-state index is 0.0535. The molecule has 3 aliphatic rings. The first-order chi connectivity index (χ1) is 20.7. The molecule has 3 aliphatic heterocycles. The summed E-state index contributed by atoms with van der Waals surface area (Å²) in [4.78, 5) is 40.0. The van der Waals surface area contributed by atoms with Gasteiger partial charge in [-0.15, -0.1) is 0 Å². The number of aromatic amines is 1. The summed E-state index contributed by atoms with van der Waals surface area (Å²) in [5.74, 6) is -1.41. The Kier molecular flexibility index (Phi) is 10.3. The summed E-state index contributed by atoms with van der Waals surface area (Å²) >= 11 is 4.63. The standard InChI is InChI=1S/C33H44N4O6S/c1-7-20-15(2)25(36-33(20)43)12-23-16(3)21(8-10-29(38)39)26(34-23)14-27-22(9-11-30(40)41)17(4)24(35-27)13-28-31(19(6)44)18(5)32(42)37-28/h7,13-14,18-19,23,25,29,31,34-35,38-39,44H,1,8-12H2,2-6H3,(H,36,43)(H,37,42)(H,40,41)/b26-14-,28-13-/t18-,19+,23?,25-,31+/m1/s1. The largest absolute Gasteiger partial charge is 0.481 e. The first-order valence-electron chi connectivity index (χ1n) is 15.1. The van der Waals surface area contributed by atoms with Crippen molar-refractivity contribution in [3.05, 3.63) is 68.9 Å². The lowest BCUT2D eigenvalue weighted by Gasteiger charge is -2.20. The molecule has 4 rings (SSSR count). The molecule has 2 amide bonds. The lowest BCUT2D eigenvalue weighted by atomic mass is 9.91.